The van der Waals surface area contributed by atoms with Crippen LogP contribution in [0.25, 0.3) is 0 Å². The molecule has 1 heterocycles. The fourth-order valence-corrected chi connectivity index (χ4v) is 2.62. The predicted molar refractivity (Wildman–Crippen MR) is 82.4 cm³/mol. The molecular weight excluding hydrogens is 265 g/mol. The zero-order chi connectivity index (χ0) is 14.8. The van der Waals surface area contributed by atoms with E-state index in [4.69, 9.17) is 10.8 Å². The van der Waals surface area contributed by atoms with Gasteiger partial charge >= 0.3 is 0 Å². The minimum absolute atomic E-state index is 0.0541. The molecule has 4 heteroatoms. The van der Waals surface area contributed by atoms with Gasteiger partial charge in [0.2, 0.25) is 0 Å². The van der Waals surface area contributed by atoms with Crippen LogP contribution in [0.15, 0.2) is 53.5 Å². The Morgan fingerprint density at radius 2 is 2.05 bits per heavy atom. The molecule has 2 aromatic rings. The summed E-state index contributed by atoms with van der Waals surface area (Å²) in [7, 11) is 0. The first-order valence-corrected chi connectivity index (χ1v) is 7.02. The summed E-state index contributed by atoms with van der Waals surface area (Å²) < 4.78 is 13.2. The molecule has 1 aliphatic rings. The largest absolute Gasteiger partial charge is 0.296 e. The van der Waals surface area contributed by atoms with E-state index >= 15 is 0 Å². The SMILES string of the molecule is Cc1cccc(C2CN(N)C(Cc3cccc(F)c3)=N2)c1. The summed E-state index contributed by atoms with van der Waals surface area (Å²) in [5.74, 6) is 6.61. The summed E-state index contributed by atoms with van der Waals surface area (Å²) >= 11 is 0. The van der Waals surface area contributed by atoms with Crippen LogP contribution in [-0.4, -0.2) is 17.4 Å². The molecule has 0 radical (unpaired) electrons. The summed E-state index contributed by atoms with van der Waals surface area (Å²) in [6.45, 7) is 2.73. The monoisotopic (exact) mass is 283 g/mol. The van der Waals surface area contributed by atoms with Gasteiger partial charge in [-0.25, -0.2) is 10.2 Å². The van der Waals surface area contributed by atoms with Crippen molar-refractivity contribution in [1.29, 1.82) is 0 Å². The average molecular weight is 283 g/mol. The van der Waals surface area contributed by atoms with Crippen LogP contribution in [-0.2, 0) is 6.42 Å². The van der Waals surface area contributed by atoms with Crippen LogP contribution in [0.4, 0.5) is 4.39 Å². The van der Waals surface area contributed by atoms with Crippen molar-refractivity contribution < 1.29 is 4.39 Å². The van der Waals surface area contributed by atoms with Crippen LogP contribution in [0.3, 0.4) is 0 Å². The molecule has 0 aromatic heterocycles. The molecule has 1 atom stereocenters. The van der Waals surface area contributed by atoms with Gasteiger partial charge < -0.3 is 0 Å². The first-order chi connectivity index (χ1) is 10.1. The lowest BCUT2D eigenvalue weighted by Gasteiger charge is -2.14. The maximum atomic E-state index is 13.2. The van der Waals surface area contributed by atoms with Gasteiger partial charge in [-0.15, -0.1) is 0 Å². The van der Waals surface area contributed by atoms with Crippen LogP contribution in [0.5, 0.6) is 0 Å². The van der Waals surface area contributed by atoms with Gasteiger partial charge in [0.05, 0.1) is 12.6 Å². The molecule has 3 nitrogen and oxygen atoms in total. The lowest BCUT2D eigenvalue weighted by molar-refractivity contribution is 0.443. The Hall–Kier alpha value is -2.20. The van der Waals surface area contributed by atoms with Gasteiger partial charge in [-0.2, -0.15) is 0 Å². The third-order valence-corrected chi connectivity index (χ3v) is 3.68. The highest BCUT2D eigenvalue weighted by atomic mass is 19.1. The lowest BCUT2D eigenvalue weighted by atomic mass is 10.1. The van der Waals surface area contributed by atoms with Gasteiger partial charge in [0.15, 0.2) is 0 Å². The molecule has 3 rings (SSSR count). The second-order valence-corrected chi connectivity index (χ2v) is 5.43. The normalized spacial score (nSPS) is 18.0. The number of aryl methyl sites for hydroxylation is 1. The number of rotatable bonds is 3. The molecule has 21 heavy (non-hydrogen) atoms. The molecule has 0 aliphatic carbocycles. The van der Waals surface area contributed by atoms with E-state index in [-0.39, 0.29) is 11.9 Å². The van der Waals surface area contributed by atoms with Crippen molar-refractivity contribution in [3.63, 3.8) is 0 Å². The van der Waals surface area contributed by atoms with E-state index in [9.17, 15) is 4.39 Å². The van der Waals surface area contributed by atoms with E-state index in [1.165, 1.54) is 23.3 Å². The fraction of sp³-hybridized carbons (Fsp3) is 0.235. The Bertz CT molecular complexity index is 681. The molecule has 2 N–H and O–H groups in total. The van der Waals surface area contributed by atoms with Crippen molar-refractivity contribution in [1.82, 2.24) is 5.01 Å². The summed E-state index contributed by atoms with van der Waals surface area (Å²) in [5, 5.41) is 1.66. The van der Waals surface area contributed by atoms with E-state index in [1.54, 1.807) is 11.1 Å². The second-order valence-electron chi connectivity index (χ2n) is 5.43. The second kappa shape index (κ2) is 5.66. The van der Waals surface area contributed by atoms with Gasteiger partial charge in [-0.3, -0.25) is 10.0 Å². The first-order valence-electron chi connectivity index (χ1n) is 7.02. The molecule has 1 aliphatic heterocycles. The van der Waals surface area contributed by atoms with Crippen LogP contribution < -0.4 is 5.84 Å². The Balaban J connectivity index is 1.81. The highest BCUT2D eigenvalue weighted by Gasteiger charge is 2.24. The Labute approximate surface area is 123 Å². The standard InChI is InChI=1S/C17H18FN3/c1-12-4-2-6-14(8-12)16-11-21(19)17(20-16)10-13-5-3-7-15(18)9-13/h2-9,16H,10-11,19H2,1H3. The van der Waals surface area contributed by atoms with E-state index in [2.05, 4.69) is 25.1 Å². The smallest absolute Gasteiger partial charge is 0.123 e. The van der Waals surface area contributed by atoms with E-state index in [0.29, 0.717) is 13.0 Å². The first kappa shape index (κ1) is 13.8. The Morgan fingerprint density at radius 3 is 2.81 bits per heavy atom. The predicted octanol–water partition coefficient (Wildman–Crippen LogP) is 3.01. The van der Waals surface area contributed by atoms with Crippen molar-refractivity contribution in [2.24, 2.45) is 10.8 Å². The summed E-state index contributed by atoms with van der Waals surface area (Å²) in [6, 6.07) is 14.9. The molecular formula is C17H18FN3. The minimum Gasteiger partial charge on any atom is -0.296 e. The Kier molecular flexibility index (Phi) is 3.71. The molecule has 2 aromatic carbocycles. The van der Waals surface area contributed by atoms with Crippen LogP contribution in [0.2, 0.25) is 0 Å². The maximum absolute atomic E-state index is 13.2. The maximum Gasteiger partial charge on any atom is 0.123 e. The quantitative estimate of drug-likeness (QED) is 0.880. The number of hydrogen-bond donors (Lipinski definition) is 1. The van der Waals surface area contributed by atoms with Gasteiger partial charge in [0.25, 0.3) is 0 Å². The van der Waals surface area contributed by atoms with Crippen molar-refractivity contribution in [2.45, 2.75) is 19.4 Å². The zero-order valence-electron chi connectivity index (χ0n) is 12.0. The van der Waals surface area contributed by atoms with E-state index in [1.807, 2.05) is 12.1 Å². The van der Waals surface area contributed by atoms with Crippen LogP contribution >= 0.6 is 0 Å². The molecule has 0 saturated carbocycles. The van der Waals surface area contributed by atoms with Crippen LogP contribution in [0, 0.1) is 12.7 Å². The van der Waals surface area contributed by atoms with Gasteiger partial charge in [-0.05, 0) is 30.2 Å². The lowest BCUT2D eigenvalue weighted by Crippen LogP contribution is -2.35. The highest BCUT2D eigenvalue weighted by Crippen LogP contribution is 2.25. The summed E-state index contributed by atoms with van der Waals surface area (Å²) in [5.41, 5.74) is 3.26. The number of halogens is 1. The number of nitrogens with two attached hydrogens (primary N) is 1. The van der Waals surface area contributed by atoms with Gasteiger partial charge in [0, 0.05) is 6.42 Å². The van der Waals surface area contributed by atoms with E-state index in [0.717, 1.165) is 11.4 Å². The van der Waals surface area contributed by atoms with Crippen molar-refractivity contribution in [2.75, 3.05) is 6.54 Å². The van der Waals surface area contributed by atoms with Crippen LogP contribution in [0.1, 0.15) is 22.7 Å². The third kappa shape index (κ3) is 3.11. The number of hydrogen-bond acceptors (Lipinski definition) is 3. The Morgan fingerprint density at radius 1 is 1.24 bits per heavy atom. The number of nitrogens with zero attached hydrogens (tertiary/aromatic N) is 2. The summed E-state index contributed by atoms with van der Waals surface area (Å²) in [4.78, 5) is 4.70. The fourth-order valence-electron chi connectivity index (χ4n) is 2.62. The summed E-state index contributed by atoms with van der Waals surface area (Å²) in [6.07, 6.45) is 0.552. The highest BCUT2D eigenvalue weighted by molar-refractivity contribution is 5.85. The number of amidine groups is 1. The minimum atomic E-state index is -0.232. The van der Waals surface area contributed by atoms with Crippen molar-refractivity contribution >= 4 is 5.84 Å². The molecule has 108 valence electrons. The van der Waals surface area contributed by atoms with Crippen molar-refractivity contribution in [3.8, 4) is 0 Å². The molecule has 1 unspecified atom stereocenters. The van der Waals surface area contributed by atoms with E-state index < -0.39 is 0 Å². The molecule has 0 bridgehead atoms. The van der Waals surface area contributed by atoms with Gasteiger partial charge in [-0.1, -0.05) is 42.0 Å². The zero-order valence-corrected chi connectivity index (χ0v) is 12.0. The molecule has 0 saturated heterocycles. The molecule has 0 spiro atoms. The van der Waals surface area contributed by atoms with Crippen molar-refractivity contribution in [3.05, 3.63) is 71.0 Å². The average Bonchev–Trinajstić information content (AvgIpc) is 2.80. The topological polar surface area (TPSA) is 41.6 Å². The number of hydrazine groups is 1. The third-order valence-electron chi connectivity index (χ3n) is 3.68. The van der Waals surface area contributed by atoms with Gasteiger partial charge in [0.1, 0.15) is 11.7 Å². The number of aliphatic imine (C=N–C) groups is 1. The molecule has 0 amide bonds. The molecule has 0 fully saturated rings. The number of benzene rings is 2.